The third-order valence-electron chi connectivity index (χ3n) is 3.07. The Balaban J connectivity index is 2.94. The Kier molecular flexibility index (Phi) is 2.07. The van der Waals surface area contributed by atoms with Gasteiger partial charge < -0.3 is 0 Å². The molecule has 2 rings (SSSR count). The second kappa shape index (κ2) is 3.13. The summed E-state index contributed by atoms with van der Waals surface area (Å²) >= 11 is 0. The molecule has 0 aliphatic rings. The molecule has 14 heavy (non-hydrogen) atoms. The van der Waals surface area contributed by atoms with Gasteiger partial charge in [0.25, 0.3) is 0 Å². The summed E-state index contributed by atoms with van der Waals surface area (Å²) in [5, 5.41) is 2.79. The fraction of sp³-hybridized carbons (Fsp3) is 0.286. The van der Waals surface area contributed by atoms with Crippen LogP contribution in [0, 0.1) is 27.7 Å². The maximum atomic E-state index is 2.30. The van der Waals surface area contributed by atoms with Gasteiger partial charge in [-0.2, -0.15) is 0 Å². The van der Waals surface area contributed by atoms with Gasteiger partial charge in [0, 0.05) is 0 Å². The fourth-order valence-corrected chi connectivity index (χ4v) is 1.90. The van der Waals surface area contributed by atoms with E-state index in [1.165, 1.54) is 33.0 Å². The summed E-state index contributed by atoms with van der Waals surface area (Å²) in [5.41, 5.74) is 5.50. The van der Waals surface area contributed by atoms with Crippen LogP contribution >= 0.6 is 0 Å². The third kappa shape index (κ3) is 1.31. The first-order valence-electron chi connectivity index (χ1n) is 5.07. The van der Waals surface area contributed by atoms with E-state index in [0.29, 0.717) is 0 Å². The van der Waals surface area contributed by atoms with Crippen LogP contribution in [-0.2, 0) is 0 Å². The van der Waals surface area contributed by atoms with E-state index in [9.17, 15) is 0 Å². The highest BCUT2D eigenvalue weighted by molar-refractivity contribution is 5.89. The van der Waals surface area contributed by atoms with Gasteiger partial charge in [-0.15, -0.1) is 0 Å². The van der Waals surface area contributed by atoms with E-state index in [0.717, 1.165) is 0 Å². The molecular formula is C14H16. The minimum Gasteiger partial charge on any atom is -0.0584 e. The average Bonchev–Trinajstić information content (AvgIpc) is 2.15. The number of benzene rings is 2. The van der Waals surface area contributed by atoms with E-state index in [-0.39, 0.29) is 0 Å². The number of hydrogen-bond donors (Lipinski definition) is 0. The molecule has 0 unspecified atom stereocenters. The first-order chi connectivity index (χ1) is 6.59. The normalized spacial score (nSPS) is 10.9. The molecule has 0 amide bonds. The van der Waals surface area contributed by atoms with Crippen molar-refractivity contribution in [2.45, 2.75) is 27.7 Å². The monoisotopic (exact) mass is 184 g/mol. The first-order valence-corrected chi connectivity index (χ1v) is 5.07. The SMILES string of the molecule is Cc1cc2c(C)ccc(C)c2cc1C. The van der Waals surface area contributed by atoms with Gasteiger partial charge in [0.15, 0.2) is 0 Å². The highest BCUT2D eigenvalue weighted by atomic mass is 14.1. The zero-order valence-corrected chi connectivity index (χ0v) is 9.31. The van der Waals surface area contributed by atoms with Gasteiger partial charge in [0.1, 0.15) is 0 Å². The molecule has 72 valence electrons. The van der Waals surface area contributed by atoms with Crippen LogP contribution in [0.15, 0.2) is 24.3 Å². The van der Waals surface area contributed by atoms with Gasteiger partial charge in [-0.05, 0) is 60.7 Å². The Morgan fingerprint density at radius 2 is 0.929 bits per heavy atom. The molecule has 0 saturated carbocycles. The summed E-state index contributed by atoms with van der Waals surface area (Å²) in [6.45, 7) is 8.71. The van der Waals surface area contributed by atoms with Crippen molar-refractivity contribution in [3.63, 3.8) is 0 Å². The molecule has 2 aromatic carbocycles. The molecule has 0 spiro atoms. The second-order valence-corrected chi connectivity index (χ2v) is 4.18. The van der Waals surface area contributed by atoms with E-state index < -0.39 is 0 Å². The molecule has 0 N–H and O–H groups in total. The van der Waals surface area contributed by atoms with Crippen LogP contribution in [-0.4, -0.2) is 0 Å². The summed E-state index contributed by atoms with van der Waals surface area (Å²) in [4.78, 5) is 0. The minimum absolute atomic E-state index is 1.37. The molecule has 0 radical (unpaired) electrons. The van der Waals surface area contributed by atoms with Crippen molar-refractivity contribution < 1.29 is 0 Å². The van der Waals surface area contributed by atoms with E-state index in [2.05, 4.69) is 52.0 Å². The predicted molar refractivity (Wildman–Crippen MR) is 62.9 cm³/mol. The van der Waals surface area contributed by atoms with Gasteiger partial charge in [0.2, 0.25) is 0 Å². The van der Waals surface area contributed by atoms with Gasteiger partial charge in [-0.3, -0.25) is 0 Å². The maximum absolute atomic E-state index is 2.30. The lowest BCUT2D eigenvalue weighted by molar-refractivity contribution is 1.35. The summed E-state index contributed by atoms with van der Waals surface area (Å²) in [7, 11) is 0. The second-order valence-electron chi connectivity index (χ2n) is 4.18. The van der Waals surface area contributed by atoms with Gasteiger partial charge in [-0.1, -0.05) is 24.3 Å². The number of hydrogen-bond acceptors (Lipinski definition) is 0. The van der Waals surface area contributed by atoms with Crippen LogP contribution in [0.5, 0.6) is 0 Å². The van der Waals surface area contributed by atoms with Crippen LogP contribution in [0.25, 0.3) is 10.8 Å². The minimum atomic E-state index is 1.37. The van der Waals surface area contributed by atoms with E-state index >= 15 is 0 Å². The quantitative estimate of drug-likeness (QED) is 0.579. The van der Waals surface area contributed by atoms with Crippen LogP contribution in [0.1, 0.15) is 22.3 Å². The predicted octanol–water partition coefficient (Wildman–Crippen LogP) is 4.07. The van der Waals surface area contributed by atoms with Crippen LogP contribution < -0.4 is 0 Å². The van der Waals surface area contributed by atoms with Crippen molar-refractivity contribution in [1.29, 1.82) is 0 Å². The Morgan fingerprint density at radius 3 is 1.29 bits per heavy atom. The lowest BCUT2D eigenvalue weighted by atomic mass is 9.96. The highest BCUT2D eigenvalue weighted by Crippen LogP contribution is 2.25. The zero-order valence-electron chi connectivity index (χ0n) is 9.31. The number of rotatable bonds is 0. The van der Waals surface area contributed by atoms with Crippen LogP contribution in [0.3, 0.4) is 0 Å². The topological polar surface area (TPSA) is 0 Å². The summed E-state index contributed by atoms with van der Waals surface area (Å²) in [6, 6.07) is 9.00. The average molecular weight is 184 g/mol. The van der Waals surface area contributed by atoms with Crippen molar-refractivity contribution in [3.8, 4) is 0 Å². The molecule has 2 aromatic rings. The van der Waals surface area contributed by atoms with E-state index in [1.54, 1.807) is 0 Å². The smallest absolute Gasteiger partial charge is 0.0149 e. The molecular weight excluding hydrogens is 168 g/mol. The summed E-state index contributed by atoms with van der Waals surface area (Å²) in [5.74, 6) is 0. The molecule has 0 aliphatic heterocycles. The molecule has 0 heterocycles. The van der Waals surface area contributed by atoms with Gasteiger partial charge in [-0.25, -0.2) is 0 Å². The molecule has 0 aliphatic carbocycles. The molecule has 0 heteroatoms. The molecule has 0 nitrogen and oxygen atoms in total. The van der Waals surface area contributed by atoms with Gasteiger partial charge in [0.05, 0.1) is 0 Å². The van der Waals surface area contributed by atoms with Crippen molar-refractivity contribution in [3.05, 3.63) is 46.5 Å². The third-order valence-corrected chi connectivity index (χ3v) is 3.07. The molecule has 0 aromatic heterocycles. The van der Waals surface area contributed by atoms with Crippen molar-refractivity contribution in [2.75, 3.05) is 0 Å². The van der Waals surface area contributed by atoms with Crippen LogP contribution in [0.4, 0.5) is 0 Å². The Hall–Kier alpha value is -1.30. The Morgan fingerprint density at radius 1 is 0.571 bits per heavy atom. The lowest BCUT2D eigenvalue weighted by Crippen LogP contribution is -1.87. The largest absolute Gasteiger partial charge is 0.0584 e. The molecule has 0 fully saturated rings. The molecule has 0 atom stereocenters. The Labute approximate surface area is 85.6 Å². The zero-order chi connectivity index (χ0) is 10.3. The van der Waals surface area contributed by atoms with Crippen molar-refractivity contribution in [2.24, 2.45) is 0 Å². The van der Waals surface area contributed by atoms with Crippen molar-refractivity contribution >= 4 is 10.8 Å². The highest BCUT2D eigenvalue weighted by Gasteiger charge is 2.02. The van der Waals surface area contributed by atoms with Crippen LogP contribution in [0.2, 0.25) is 0 Å². The molecule has 0 bridgehead atoms. The summed E-state index contributed by atoms with van der Waals surface area (Å²) < 4.78 is 0. The van der Waals surface area contributed by atoms with E-state index in [4.69, 9.17) is 0 Å². The maximum Gasteiger partial charge on any atom is -0.0149 e. The Bertz CT molecular complexity index is 446. The first kappa shape index (κ1) is 9.26. The lowest BCUT2D eigenvalue weighted by Gasteiger charge is -2.09. The number of aryl methyl sites for hydroxylation is 4. The summed E-state index contributed by atoms with van der Waals surface area (Å²) in [6.07, 6.45) is 0. The van der Waals surface area contributed by atoms with Crippen molar-refractivity contribution in [1.82, 2.24) is 0 Å². The fourth-order valence-electron chi connectivity index (χ4n) is 1.90. The standard InChI is InChI=1S/C14H16/c1-9-5-6-10(2)14-8-12(4)11(3)7-13(9)14/h5-8H,1-4H3. The number of fused-ring (bicyclic) bond motifs is 1. The molecule has 0 saturated heterocycles. The van der Waals surface area contributed by atoms with Gasteiger partial charge >= 0.3 is 0 Å². The van der Waals surface area contributed by atoms with E-state index in [1.807, 2.05) is 0 Å².